The summed E-state index contributed by atoms with van der Waals surface area (Å²) in [4.78, 5) is -0.119. The summed E-state index contributed by atoms with van der Waals surface area (Å²) in [6.45, 7) is 4.90. The summed E-state index contributed by atoms with van der Waals surface area (Å²) < 4.78 is 55.3. The average molecular weight is 546 g/mol. The van der Waals surface area contributed by atoms with Crippen LogP contribution in [0.3, 0.4) is 0 Å². The summed E-state index contributed by atoms with van der Waals surface area (Å²) >= 11 is 24.4. The number of nitrogens with zero attached hydrogens (tertiary/aromatic N) is 2. The summed E-state index contributed by atoms with van der Waals surface area (Å²) in [5.41, 5.74) is 1.15. The van der Waals surface area contributed by atoms with Crippen LogP contribution >= 0.6 is 46.4 Å². The van der Waals surface area contributed by atoms with Gasteiger partial charge in [-0.2, -0.15) is 8.61 Å². The molecular formula is C19H20Cl4N2O4S2. The van der Waals surface area contributed by atoms with E-state index < -0.39 is 26.1 Å². The smallest absolute Gasteiger partial charge is 0.207 e. The predicted molar refractivity (Wildman–Crippen MR) is 125 cm³/mol. The van der Waals surface area contributed by atoms with Gasteiger partial charge >= 0.3 is 0 Å². The van der Waals surface area contributed by atoms with E-state index in [0.717, 1.165) is 0 Å². The van der Waals surface area contributed by atoms with E-state index in [1.54, 1.807) is 20.8 Å². The summed E-state index contributed by atoms with van der Waals surface area (Å²) in [6, 6.07) is 4.99. The second-order valence-corrected chi connectivity index (χ2v) is 12.8. The Bertz CT molecular complexity index is 1250. The maximum atomic E-state index is 13.2. The van der Waals surface area contributed by atoms with Crippen molar-refractivity contribution in [3.63, 3.8) is 0 Å². The van der Waals surface area contributed by atoms with Crippen LogP contribution in [0.25, 0.3) is 0 Å². The normalized spacial score (nSPS) is 19.0. The van der Waals surface area contributed by atoms with Crippen LogP contribution in [0, 0.1) is 13.8 Å². The highest BCUT2D eigenvalue weighted by Crippen LogP contribution is 2.34. The molecular weight excluding hydrogens is 526 g/mol. The van der Waals surface area contributed by atoms with E-state index in [4.69, 9.17) is 46.4 Å². The van der Waals surface area contributed by atoms with E-state index in [1.165, 1.54) is 32.9 Å². The Balaban J connectivity index is 1.90. The molecule has 2 aromatic carbocycles. The molecule has 1 atom stereocenters. The van der Waals surface area contributed by atoms with Crippen molar-refractivity contribution >= 4 is 66.5 Å². The molecule has 12 heteroatoms. The SMILES string of the molecule is Cc1cc(S(=O)(=O)N2CCN(S(=O)(=O)c3cc(C)c(Cl)cc3Cl)[C@@H](C)C2)c(Cl)cc1Cl. The van der Waals surface area contributed by atoms with Gasteiger partial charge in [-0.3, -0.25) is 0 Å². The number of piperazine rings is 1. The lowest BCUT2D eigenvalue weighted by Gasteiger charge is -2.38. The highest BCUT2D eigenvalue weighted by Gasteiger charge is 2.39. The van der Waals surface area contributed by atoms with Gasteiger partial charge in [0.1, 0.15) is 9.79 Å². The van der Waals surface area contributed by atoms with Gasteiger partial charge in [0.15, 0.2) is 0 Å². The van der Waals surface area contributed by atoms with Crippen molar-refractivity contribution in [3.05, 3.63) is 55.5 Å². The van der Waals surface area contributed by atoms with Crippen molar-refractivity contribution in [2.75, 3.05) is 19.6 Å². The second-order valence-electron chi connectivity index (χ2n) is 7.39. The van der Waals surface area contributed by atoms with Crippen molar-refractivity contribution in [2.45, 2.75) is 36.6 Å². The van der Waals surface area contributed by atoms with Crippen molar-refractivity contribution in [1.29, 1.82) is 0 Å². The Hall–Kier alpha value is -0.580. The van der Waals surface area contributed by atoms with Crippen molar-refractivity contribution in [3.8, 4) is 0 Å². The lowest BCUT2D eigenvalue weighted by molar-refractivity contribution is 0.212. The molecule has 1 heterocycles. The third kappa shape index (κ3) is 4.73. The Morgan fingerprint density at radius 2 is 1.19 bits per heavy atom. The zero-order valence-corrected chi connectivity index (χ0v) is 21.5. The summed E-state index contributed by atoms with van der Waals surface area (Å²) in [5.74, 6) is 0. The molecule has 1 saturated heterocycles. The minimum absolute atomic E-state index is 0.0151. The van der Waals surface area contributed by atoms with Gasteiger partial charge in [-0.25, -0.2) is 16.8 Å². The van der Waals surface area contributed by atoms with Gasteiger partial charge in [0, 0.05) is 35.7 Å². The van der Waals surface area contributed by atoms with Crippen LogP contribution in [-0.2, 0) is 20.0 Å². The molecule has 0 aliphatic carbocycles. The van der Waals surface area contributed by atoms with Crippen LogP contribution in [-0.4, -0.2) is 51.1 Å². The van der Waals surface area contributed by atoms with Crippen LogP contribution in [0.15, 0.2) is 34.1 Å². The average Bonchev–Trinajstić information content (AvgIpc) is 2.66. The van der Waals surface area contributed by atoms with Gasteiger partial charge in [0.25, 0.3) is 0 Å². The first kappa shape index (κ1) is 25.1. The fourth-order valence-electron chi connectivity index (χ4n) is 3.41. The number of aryl methyl sites for hydroxylation is 2. The fourth-order valence-corrected chi connectivity index (χ4v) is 8.15. The van der Waals surface area contributed by atoms with Crippen molar-refractivity contribution < 1.29 is 16.8 Å². The summed E-state index contributed by atoms with van der Waals surface area (Å²) in [7, 11) is -7.90. The highest BCUT2D eigenvalue weighted by atomic mass is 35.5. The second kappa shape index (κ2) is 8.99. The number of rotatable bonds is 4. The molecule has 0 bridgehead atoms. The standard InChI is InChI=1S/C19H20Cl4N2O4S2/c1-11-6-18(16(22)8-14(11)20)30(26,27)24-4-5-25(13(3)10-24)31(28,29)19-7-12(2)15(21)9-17(19)23/h6-9,13H,4-5,10H2,1-3H3/t13-/m0/s1. The molecule has 3 rings (SSSR count). The van der Waals surface area contributed by atoms with Gasteiger partial charge in [0.2, 0.25) is 20.0 Å². The Labute approximate surface area is 202 Å². The molecule has 0 spiro atoms. The largest absolute Gasteiger partial charge is 0.244 e. The molecule has 170 valence electrons. The molecule has 1 aliphatic heterocycles. The fraction of sp³-hybridized carbons (Fsp3) is 0.368. The van der Waals surface area contributed by atoms with Crippen LogP contribution in [0.5, 0.6) is 0 Å². The first-order valence-corrected chi connectivity index (χ1v) is 13.6. The van der Waals surface area contributed by atoms with E-state index in [1.807, 2.05) is 0 Å². The minimum atomic E-state index is -3.96. The Morgan fingerprint density at radius 3 is 1.65 bits per heavy atom. The van der Waals surface area contributed by atoms with Crippen LogP contribution < -0.4 is 0 Å². The van der Waals surface area contributed by atoms with E-state index in [9.17, 15) is 16.8 Å². The molecule has 0 N–H and O–H groups in total. The lowest BCUT2D eigenvalue weighted by atomic mass is 10.2. The molecule has 0 aromatic heterocycles. The Morgan fingerprint density at radius 1 is 0.742 bits per heavy atom. The highest BCUT2D eigenvalue weighted by molar-refractivity contribution is 7.89. The minimum Gasteiger partial charge on any atom is -0.207 e. The maximum absolute atomic E-state index is 13.2. The summed E-state index contributed by atoms with van der Waals surface area (Å²) in [5, 5.41) is 0.759. The lowest BCUT2D eigenvalue weighted by Crippen LogP contribution is -2.55. The zero-order valence-electron chi connectivity index (χ0n) is 16.9. The monoisotopic (exact) mass is 544 g/mol. The topological polar surface area (TPSA) is 74.8 Å². The molecule has 0 saturated carbocycles. The van der Waals surface area contributed by atoms with Crippen LogP contribution in [0.4, 0.5) is 0 Å². The van der Waals surface area contributed by atoms with E-state index in [2.05, 4.69) is 0 Å². The van der Waals surface area contributed by atoms with Gasteiger partial charge < -0.3 is 0 Å². The van der Waals surface area contributed by atoms with Crippen LogP contribution in [0.2, 0.25) is 20.1 Å². The van der Waals surface area contributed by atoms with Crippen LogP contribution in [0.1, 0.15) is 18.1 Å². The maximum Gasteiger partial charge on any atom is 0.244 e. The summed E-state index contributed by atoms with van der Waals surface area (Å²) in [6.07, 6.45) is 0. The first-order valence-electron chi connectivity index (χ1n) is 9.20. The first-order chi connectivity index (χ1) is 14.3. The Kier molecular flexibility index (Phi) is 7.26. The van der Waals surface area contributed by atoms with E-state index in [0.29, 0.717) is 21.2 Å². The number of sulfonamides is 2. The molecule has 6 nitrogen and oxygen atoms in total. The molecule has 1 fully saturated rings. The molecule has 1 aliphatic rings. The number of halogens is 4. The van der Waals surface area contributed by atoms with E-state index >= 15 is 0 Å². The van der Waals surface area contributed by atoms with Gasteiger partial charge in [-0.05, 0) is 56.2 Å². The number of benzene rings is 2. The number of hydrogen-bond donors (Lipinski definition) is 0. The van der Waals surface area contributed by atoms with Crippen molar-refractivity contribution in [2.24, 2.45) is 0 Å². The van der Waals surface area contributed by atoms with Gasteiger partial charge in [0.05, 0.1) is 10.0 Å². The molecule has 2 aromatic rings. The predicted octanol–water partition coefficient (Wildman–Crippen LogP) is 5.00. The zero-order chi connectivity index (χ0) is 23.3. The van der Waals surface area contributed by atoms with Crippen molar-refractivity contribution in [1.82, 2.24) is 8.61 Å². The molecule has 0 radical (unpaired) electrons. The van der Waals surface area contributed by atoms with Gasteiger partial charge in [-0.15, -0.1) is 0 Å². The van der Waals surface area contributed by atoms with E-state index in [-0.39, 0.29) is 39.5 Å². The quantitative estimate of drug-likeness (QED) is 0.541. The molecule has 0 unspecified atom stereocenters. The third-order valence-corrected chi connectivity index (χ3v) is 10.8. The number of hydrogen-bond acceptors (Lipinski definition) is 4. The van der Waals surface area contributed by atoms with Gasteiger partial charge in [-0.1, -0.05) is 46.4 Å². The molecule has 0 amide bonds. The molecule has 31 heavy (non-hydrogen) atoms. The third-order valence-electron chi connectivity index (χ3n) is 5.16.